The van der Waals surface area contributed by atoms with E-state index < -0.39 is 28.4 Å². The number of nitro benzene ring substituents is 1. The summed E-state index contributed by atoms with van der Waals surface area (Å²) in [6.07, 6.45) is 1.29. The van der Waals surface area contributed by atoms with Crippen LogP contribution in [0.3, 0.4) is 0 Å². The Labute approximate surface area is 226 Å². The molecule has 4 aromatic rings. The van der Waals surface area contributed by atoms with E-state index in [0.717, 1.165) is 0 Å². The Balaban J connectivity index is 1.73. The topological polar surface area (TPSA) is 129 Å². The number of fused-ring (bicyclic) bond motifs is 1. The summed E-state index contributed by atoms with van der Waals surface area (Å²) in [7, 11) is 0. The maximum atomic E-state index is 13.4. The van der Waals surface area contributed by atoms with Crippen molar-refractivity contribution >= 4 is 50.3 Å². The first kappa shape index (κ1) is 26.7. The zero-order chi connectivity index (χ0) is 27.4. The Morgan fingerprint density at radius 3 is 2.58 bits per heavy atom. The molecule has 11 heteroatoms. The fraction of sp³-hybridized carbons (Fsp3) is 0.185. The average Bonchev–Trinajstić information content (AvgIpc) is 2.87. The Morgan fingerprint density at radius 2 is 1.89 bits per heavy atom. The van der Waals surface area contributed by atoms with Gasteiger partial charge in [-0.2, -0.15) is 9.78 Å². The molecule has 1 aromatic heterocycles. The molecule has 38 heavy (non-hydrogen) atoms. The summed E-state index contributed by atoms with van der Waals surface area (Å²) in [5.41, 5.74) is 0.0224. The molecule has 0 atom stereocenters. The van der Waals surface area contributed by atoms with E-state index in [1.165, 1.54) is 23.0 Å². The summed E-state index contributed by atoms with van der Waals surface area (Å²) >= 11 is 3.38. The summed E-state index contributed by atoms with van der Waals surface area (Å²) in [4.78, 5) is 41.6. The fourth-order valence-electron chi connectivity index (χ4n) is 3.66. The van der Waals surface area contributed by atoms with Crippen LogP contribution in [0.2, 0.25) is 0 Å². The number of hydrogen-bond donors (Lipinski definition) is 1. The number of nitrogens with one attached hydrogen (secondary N) is 1. The highest BCUT2D eigenvalue weighted by Crippen LogP contribution is 2.30. The van der Waals surface area contributed by atoms with Crippen LogP contribution in [0.5, 0.6) is 5.75 Å². The molecular weight excluding hydrogens is 554 g/mol. The van der Waals surface area contributed by atoms with Crippen LogP contribution < -0.4 is 15.6 Å². The summed E-state index contributed by atoms with van der Waals surface area (Å²) in [5.74, 6) is -0.234. The third-order valence-electron chi connectivity index (χ3n) is 5.42. The van der Waals surface area contributed by atoms with Gasteiger partial charge >= 0.3 is 5.69 Å². The highest BCUT2D eigenvalue weighted by atomic mass is 79.9. The number of aromatic nitrogens is 2. The normalized spacial score (nSPS) is 11.6. The van der Waals surface area contributed by atoms with Crippen molar-refractivity contribution in [3.05, 3.63) is 103 Å². The summed E-state index contributed by atoms with van der Waals surface area (Å²) in [6.45, 7) is 5.23. The van der Waals surface area contributed by atoms with Crippen LogP contribution in [-0.2, 0) is 10.2 Å². The minimum absolute atomic E-state index is 0.147. The second-order valence-corrected chi connectivity index (χ2v) is 10.3. The van der Waals surface area contributed by atoms with Gasteiger partial charge in [-0.05, 0) is 36.4 Å². The number of nitro groups is 1. The number of carbonyl (C=O) groups excluding carboxylic acids is 1. The van der Waals surface area contributed by atoms with Crippen LogP contribution in [0, 0.1) is 10.1 Å². The van der Waals surface area contributed by atoms with Crippen molar-refractivity contribution in [3.63, 3.8) is 0 Å². The number of amides is 1. The van der Waals surface area contributed by atoms with Crippen LogP contribution >= 0.6 is 15.9 Å². The van der Waals surface area contributed by atoms with Gasteiger partial charge in [-0.25, -0.2) is 4.98 Å². The molecule has 0 spiro atoms. The van der Waals surface area contributed by atoms with Gasteiger partial charge < -0.3 is 10.1 Å². The van der Waals surface area contributed by atoms with Crippen molar-refractivity contribution < 1.29 is 14.5 Å². The Hall–Kier alpha value is -4.38. The zero-order valence-electron chi connectivity index (χ0n) is 20.8. The fourth-order valence-corrected chi connectivity index (χ4v) is 4.02. The van der Waals surface area contributed by atoms with Crippen molar-refractivity contribution in [1.29, 1.82) is 0 Å². The molecule has 4 rings (SSSR count). The molecule has 1 heterocycles. The van der Waals surface area contributed by atoms with E-state index in [1.54, 1.807) is 48.5 Å². The predicted molar refractivity (Wildman–Crippen MR) is 149 cm³/mol. The Morgan fingerprint density at radius 1 is 1.16 bits per heavy atom. The average molecular weight is 578 g/mol. The van der Waals surface area contributed by atoms with Crippen molar-refractivity contribution in [3.8, 4) is 5.75 Å². The van der Waals surface area contributed by atoms with Crippen molar-refractivity contribution in [2.45, 2.75) is 26.2 Å². The molecule has 3 aromatic carbocycles. The van der Waals surface area contributed by atoms with Crippen LogP contribution in [0.25, 0.3) is 10.9 Å². The molecule has 0 saturated heterocycles. The number of ether oxygens (including phenoxy) is 1. The molecule has 0 aliphatic heterocycles. The number of hydrogen-bond acceptors (Lipinski definition) is 7. The van der Waals surface area contributed by atoms with Crippen molar-refractivity contribution in [1.82, 2.24) is 9.66 Å². The molecule has 0 fully saturated rings. The number of halogens is 1. The van der Waals surface area contributed by atoms with E-state index in [2.05, 4.69) is 31.3 Å². The van der Waals surface area contributed by atoms with Crippen LogP contribution in [0.1, 0.15) is 32.2 Å². The van der Waals surface area contributed by atoms with E-state index in [9.17, 15) is 19.7 Å². The molecule has 0 radical (unpaired) electrons. The molecular formula is C27H24BrN5O5. The van der Waals surface area contributed by atoms with Gasteiger partial charge in [0, 0.05) is 27.2 Å². The monoisotopic (exact) mass is 577 g/mol. The molecule has 1 N–H and O–H groups in total. The SMILES string of the molecule is CC(C)(C)c1nc2ccc(Br)cc2c(=O)n1N=Cc1cccc([N+](=O)[O-])c1OCC(=O)Nc1ccccc1. The summed E-state index contributed by atoms with van der Waals surface area (Å²) in [5, 5.41) is 19.1. The van der Waals surface area contributed by atoms with Gasteiger partial charge in [-0.15, -0.1) is 0 Å². The zero-order valence-corrected chi connectivity index (χ0v) is 22.4. The van der Waals surface area contributed by atoms with Gasteiger partial charge in [-0.3, -0.25) is 19.7 Å². The van der Waals surface area contributed by atoms with E-state index in [4.69, 9.17) is 4.74 Å². The van der Waals surface area contributed by atoms with E-state index in [-0.39, 0.29) is 17.0 Å². The molecule has 0 saturated carbocycles. The maximum absolute atomic E-state index is 13.4. The number of para-hydroxylation sites is 2. The minimum atomic E-state index is -0.608. The lowest BCUT2D eigenvalue weighted by molar-refractivity contribution is -0.385. The number of anilines is 1. The van der Waals surface area contributed by atoms with E-state index in [0.29, 0.717) is 26.9 Å². The summed E-state index contributed by atoms with van der Waals surface area (Å²) in [6, 6.07) is 18.3. The van der Waals surface area contributed by atoms with Gasteiger partial charge in [0.25, 0.3) is 11.5 Å². The van der Waals surface area contributed by atoms with E-state index in [1.807, 2.05) is 26.8 Å². The lowest BCUT2D eigenvalue weighted by Gasteiger charge is -2.21. The second kappa shape index (κ2) is 10.9. The van der Waals surface area contributed by atoms with Crippen LogP contribution in [0.4, 0.5) is 11.4 Å². The van der Waals surface area contributed by atoms with Crippen molar-refractivity contribution in [2.24, 2.45) is 5.10 Å². The molecule has 0 aliphatic carbocycles. The summed E-state index contributed by atoms with van der Waals surface area (Å²) < 4.78 is 7.51. The largest absolute Gasteiger partial charge is 0.476 e. The second-order valence-electron chi connectivity index (χ2n) is 9.36. The number of rotatable bonds is 7. The first-order chi connectivity index (χ1) is 18.0. The molecule has 194 valence electrons. The van der Waals surface area contributed by atoms with Gasteiger partial charge in [-0.1, -0.05) is 61.0 Å². The molecule has 0 aliphatic rings. The standard InChI is InChI=1S/C27H24BrN5O5/c1-27(2,3)26-31-21-13-12-18(28)14-20(21)25(35)32(26)29-15-17-8-7-11-22(33(36)37)24(17)38-16-23(34)30-19-9-5-4-6-10-19/h4-15H,16H2,1-3H3,(H,30,34). The molecule has 1 amide bonds. The smallest absolute Gasteiger partial charge is 0.311 e. The number of benzene rings is 3. The molecule has 0 unspecified atom stereocenters. The minimum Gasteiger partial charge on any atom is -0.476 e. The molecule has 0 bridgehead atoms. The quantitative estimate of drug-likeness (QED) is 0.181. The highest BCUT2D eigenvalue weighted by Gasteiger charge is 2.24. The van der Waals surface area contributed by atoms with E-state index >= 15 is 0 Å². The first-order valence-electron chi connectivity index (χ1n) is 11.6. The molecule has 10 nitrogen and oxygen atoms in total. The number of nitrogens with zero attached hydrogens (tertiary/aromatic N) is 4. The highest BCUT2D eigenvalue weighted by molar-refractivity contribution is 9.10. The van der Waals surface area contributed by atoms with Crippen molar-refractivity contribution in [2.75, 3.05) is 11.9 Å². The number of carbonyl (C=O) groups is 1. The maximum Gasteiger partial charge on any atom is 0.311 e. The lowest BCUT2D eigenvalue weighted by atomic mass is 9.95. The first-order valence-corrected chi connectivity index (χ1v) is 12.4. The van der Waals surface area contributed by atoms with Gasteiger partial charge in [0.15, 0.2) is 6.61 Å². The Bertz CT molecular complexity index is 1610. The third kappa shape index (κ3) is 5.94. The van der Waals surface area contributed by atoms with Gasteiger partial charge in [0.1, 0.15) is 5.82 Å². The third-order valence-corrected chi connectivity index (χ3v) is 5.91. The van der Waals surface area contributed by atoms with Gasteiger partial charge in [0.2, 0.25) is 5.75 Å². The predicted octanol–water partition coefficient (Wildman–Crippen LogP) is 5.26. The van der Waals surface area contributed by atoms with Crippen LogP contribution in [0.15, 0.2) is 81.1 Å². The van der Waals surface area contributed by atoms with Gasteiger partial charge in [0.05, 0.1) is 22.0 Å². The lowest BCUT2D eigenvalue weighted by Crippen LogP contribution is -2.29. The van der Waals surface area contributed by atoms with Crippen LogP contribution in [-0.4, -0.2) is 33.3 Å². The Kier molecular flexibility index (Phi) is 7.67.